The molecule has 0 radical (unpaired) electrons. The lowest BCUT2D eigenvalue weighted by Gasteiger charge is -2.34. The molecule has 2 heterocycles. The minimum Gasteiger partial charge on any atom is -0.497 e. The van der Waals surface area contributed by atoms with Crippen LogP contribution in [0.1, 0.15) is 12.5 Å². The summed E-state index contributed by atoms with van der Waals surface area (Å²) in [6.07, 6.45) is 1.96. The van der Waals surface area contributed by atoms with Crippen LogP contribution in [0.25, 0.3) is 0 Å². The van der Waals surface area contributed by atoms with Crippen molar-refractivity contribution < 1.29 is 14.3 Å². The molecule has 7 nitrogen and oxygen atoms in total. The summed E-state index contributed by atoms with van der Waals surface area (Å²) in [6, 6.07) is 11.2. The van der Waals surface area contributed by atoms with Crippen molar-refractivity contribution in [1.29, 1.82) is 0 Å². The van der Waals surface area contributed by atoms with Gasteiger partial charge in [0.25, 0.3) is 0 Å². The van der Waals surface area contributed by atoms with Gasteiger partial charge in [0.05, 0.1) is 25.4 Å². The molecule has 0 atom stereocenters. The fourth-order valence-corrected chi connectivity index (χ4v) is 3.03. The van der Waals surface area contributed by atoms with Gasteiger partial charge in [-0.2, -0.15) is 0 Å². The number of rotatable bonds is 5. The molecular weight excluding hydrogens is 344 g/mol. The number of amides is 2. The van der Waals surface area contributed by atoms with Crippen molar-refractivity contribution in [3.63, 3.8) is 0 Å². The molecule has 1 aromatic heterocycles. The van der Waals surface area contributed by atoms with Gasteiger partial charge in [0.15, 0.2) is 0 Å². The summed E-state index contributed by atoms with van der Waals surface area (Å²) in [4.78, 5) is 32.0. The Bertz CT molecular complexity index is 782. The van der Waals surface area contributed by atoms with Crippen LogP contribution in [-0.2, 0) is 16.0 Å². The number of anilines is 2. The quantitative estimate of drug-likeness (QED) is 0.873. The van der Waals surface area contributed by atoms with Crippen molar-refractivity contribution in [2.24, 2.45) is 0 Å². The first kappa shape index (κ1) is 18.7. The van der Waals surface area contributed by atoms with E-state index in [0.717, 1.165) is 30.2 Å². The fraction of sp³-hybridized carbons (Fsp3) is 0.350. The summed E-state index contributed by atoms with van der Waals surface area (Å²) in [7, 11) is 1.61. The van der Waals surface area contributed by atoms with Crippen LogP contribution in [0.4, 0.5) is 11.5 Å². The monoisotopic (exact) mass is 368 g/mol. The fourth-order valence-electron chi connectivity index (χ4n) is 3.03. The van der Waals surface area contributed by atoms with E-state index in [0.29, 0.717) is 25.2 Å². The molecule has 0 unspecified atom stereocenters. The zero-order valence-electron chi connectivity index (χ0n) is 15.6. The van der Waals surface area contributed by atoms with Gasteiger partial charge in [-0.1, -0.05) is 12.1 Å². The maximum absolute atomic E-state index is 12.2. The first-order valence-corrected chi connectivity index (χ1v) is 8.94. The molecule has 1 N–H and O–H groups in total. The van der Waals surface area contributed by atoms with E-state index in [4.69, 9.17) is 4.74 Å². The largest absolute Gasteiger partial charge is 0.497 e. The van der Waals surface area contributed by atoms with Gasteiger partial charge in [-0.3, -0.25) is 9.59 Å². The van der Waals surface area contributed by atoms with Gasteiger partial charge >= 0.3 is 0 Å². The van der Waals surface area contributed by atoms with Crippen molar-refractivity contribution in [3.05, 3.63) is 48.2 Å². The third-order valence-corrected chi connectivity index (χ3v) is 4.60. The summed E-state index contributed by atoms with van der Waals surface area (Å²) in [5.74, 6) is 1.64. The summed E-state index contributed by atoms with van der Waals surface area (Å²) < 4.78 is 5.12. The molecule has 142 valence electrons. The molecular formula is C20H24N4O3. The Kier molecular flexibility index (Phi) is 5.90. The molecule has 1 saturated heterocycles. The summed E-state index contributed by atoms with van der Waals surface area (Å²) >= 11 is 0. The van der Waals surface area contributed by atoms with Crippen LogP contribution in [0.3, 0.4) is 0 Å². The Balaban J connectivity index is 1.52. The Morgan fingerprint density at radius 3 is 2.33 bits per heavy atom. The molecule has 2 aromatic rings. The van der Waals surface area contributed by atoms with Crippen molar-refractivity contribution in [3.8, 4) is 5.75 Å². The lowest BCUT2D eigenvalue weighted by Crippen LogP contribution is -2.48. The molecule has 0 saturated carbocycles. The molecule has 1 aliphatic rings. The van der Waals surface area contributed by atoms with Gasteiger partial charge in [-0.25, -0.2) is 4.98 Å². The number of nitrogens with zero attached hydrogens (tertiary/aromatic N) is 3. The van der Waals surface area contributed by atoms with Crippen LogP contribution in [0.15, 0.2) is 42.6 Å². The number of benzene rings is 1. The summed E-state index contributed by atoms with van der Waals surface area (Å²) in [5, 5.41) is 2.87. The third kappa shape index (κ3) is 4.97. The van der Waals surface area contributed by atoms with E-state index in [9.17, 15) is 9.59 Å². The highest BCUT2D eigenvalue weighted by molar-refractivity contribution is 5.92. The maximum atomic E-state index is 12.2. The second kappa shape index (κ2) is 8.53. The van der Waals surface area contributed by atoms with E-state index in [1.54, 1.807) is 20.2 Å². The minimum atomic E-state index is -0.0928. The van der Waals surface area contributed by atoms with Crippen molar-refractivity contribution in [2.75, 3.05) is 43.5 Å². The van der Waals surface area contributed by atoms with Crippen LogP contribution in [0, 0.1) is 0 Å². The van der Waals surface area contributed by atoms with Crippen LogP contribution < -0.4 is 15.0 Å². The third-order valence-electron chi connectivity index (χ3n) is 4.60. The molecule has 0 bridgehead atoms. The van der Waals surface area contributed by atoms with E-state index in [1.807, 2.05) is 41.3 Å². The van der Waals surface area contributed by atoms with Gasteiger partial charge in [0, 0.05) is 33.1 Å². The standard InChI is InChI=1S/C20H24N4O3/c1-15(25)23-9-11-24(12-10-23)19-8-5-17(14-21-19)22-20(26)13-16-3-6-18(27-2)7-4-16/h3-8,14H,9-13H2,1-2H3,(H,22,26). The number of methoxy groups -OCH3 is 1. The van der Waals surface area contributed by atoms with E-state index >= 15 is 0 Å². The SMILES string of the molecule is COc1ccc(CC(=O)Nc2ccc(N3CCN(C(C)=O)CC3)nc2)cc1. The molecule has 3 rings (SSSR count). The van der Waals surface area contributed by atoms with E-state index in [1.165, 1.54) is 0 Å². The van der Waals surface area contributed by atoms with Gasteiger partial charge in [-0.05, 0) is 29.8 Å². The van der Waals surface area contributed by atoms with E-state index in [-0.39, 0.29) is 11.8 Å². The predicted octanol–water partition coefficient (Wildman–Crippen LogP) is 1.94. The lowest BCUT2D eigenvalue weighted by atomic mass is 10.1. The van der Waals surface area contributed by atoms with Crippen LogP contribution in [-0.4, -0.2) is 55.0 Å². The minimum absolute atomic E-state index is 0.0928. The van der Waals surface area contributed by atoms with Crippen LogP contribution in [0.2, 0.25) is 0 Å². The van der Waals surface area contributed by atoms with E-state index in [2.05, 4.69) is 15.2 Å². The molecule has 27 heavy (non-hydrogen) atoms. The average Bonchev–Trinajstić information content (AvgIpc) is 2.69. The number of nitrogens with one attached hydrogen (secondary N) is 1. The molecule has 1 aromatic carbocycles. The van der Waals surface area contributed by atoms with Crippen molar-refractivity contribution in [1.82, 2.24) is 9.88 Å². The lowest BCUT2D eigenvalue weighted by molar-refractivity contribution is -0.129. The smallest absolute Gasteiger partial charge is 0.228 e. The Hall–Kier alpha value is -3.09. The number of carbonyl (C=O) groups excluding carboxylic acids is 2. The second-order valence-corrected chi connectivity index (χ2v) is 6.47. The molecule has 0 aliphatic carbocycles. The predicted molar refractivity (Wildman–Crippen MR) is 104 cm³/mol. The normalized spacial score (nSPS) is 14.0. The highest BCUT2D eigenvalue weighted by atomic mass is 16.5. The number of piperazine rings is 1. The zero-order valence-corrected chi connectivity index (χ0v) is 15.6. The topological polar surface area (TPSA) is 74.8 Å². The number of ether oxygens (including phenoxy) is 1. The first-order chi connectivity index (χ1) is 13.0. The molecule has 2 amide bonds. The van der Waals surface area contributed by atoms with Crippen LogP contribution >= 0.6 is 0 Å². The molecule has 1 aliphatic heterocycles. The van der Waals surface area contributed by atoms with Gasteiger partial charge in [0.1, 0.15) is 11.6 Å². The van der Waals surface area contributed by atoms with Gasteiger partial charge < -0.3 is 19.9 Å². The molecule has 1 fully saturated rings. The number of carbonyl (C=O) groups is 2. The Labute approximate surface area is 158 Å². The molecule has 0 spiro atoms. The van der Waals surface area contributed by atoms with Crippen LogP contribution in [0.5, 0.6) is 5.75 Å². The Morgan fingerprint density at radius 1 is 1.07 bits per heavy atom. The summed E-state index contributed by atoms with van der Waals surface area (Å²) in [5.41, 5.74) is 1.58. The first-order valence-electron chi connectivity index (χ1n) is 8.94. The number of hydrogen-bond donors (Lipinski definition) is 1. The number of hydrogen-bond acceptors (Lipinski definition) is 5. The van der Waals surface area contributed by atoms with Crippen molar-refractivity contribution >= 4 is 23.3 Å². The van der Waals surface area contributed by atoms with Gasteiger partial charge in [-0.15, -0.1) is 0 Å². The van der Waals surface area contributed by atoms with Gasteiger partial charge in [0.2, 0.25) is 11.8 Å². The Morgan fingerprint density at radius 2 is 1.78 bits per heavy atom. The second-order valence-electron chi connectivity index (χ2n) is 6.47. The van der Waals surface area contributed by atoms with Crippen molar-refractivity contribution in [2.45, 2.75) is 13.3 Å². The highest BCUT2D eigenvalue weighted by Gasteiger charge is 2.19. The number of pyridine rings is 1. The molecule has 7 heteroatoms. The summed E-state index contributed by atoms with van der Waals surface area (Å²) in [6.45, 7) is 4.53. The highest BCUT2D eigenvalue weighted by Crippen LogP contribution is 2.17. The maximum Gasteiger partial charge on any atom is 0.228 e. The average molecular weight is 368 g/mol. The van der Waals surface area contributed by atoms with E-state index < -0.39 is 0 Å². The number of aromatic nitrogens is 1. The zero-order chi connectivity index (χ0) is 19.2.